The Hall–Kier alpha value is -2.45. The molecule has 0 aliphatic carbocycles. The van der Waals surface area contributed by atoms with Crippen molar-refractivity contribution in [3.63, 3.8) is 0 Å². The van der Waals surface area contributed by atoms with Crippen LogP contribution in [0.15, 0.2) is 28.8 Å². The predicted octanol–water partition coefficient (Wildman–Crippen LogP) is 3.76. The molecule has 0 fully saturated rings. The van der Waals surface area contributed by atoms with Gasteiger partial charge in [-0.3, -0.25) is 9.59 Å². The number of amides is 2. The van der Waals surface area contributed by atoms with Gasteiger partial charge in [-0.2, -0.15) is 0 Å². The predicted molar refractivity (Wildman–Crippen MR) is 114 cm³/mol. The molecule has 3 aromatic rings. The molecule has 7 nitrogen and oxygen atoms in total. The van der Waals surface area contributed by atoms with Gasteiger partial charge in [0.25, 0.3) is 0 Å². The average Bonchev–Trinajstić information content (AvgIpc) is 3.27. The Labute approximate surface area is 177 Å². The maximum Gasteiger partial charge on any atom is 0.238 e. The average molecular weight is 433 g/mol. The summed E-state index contributed by atoms with van der Waals surface area (Å²) in [5.41, 5.74) is 3.32. The molecule has 0 saturated carbocycles. The monoisotopic (exact) mass is 432 g/mol. The third-order valence-electron chi connectivity index (χ3n) is 5.00. The van der Waals surface area contributed by atoms with Crippen LogP contribution in [0.5, 0.6) is 0 Å². The molecule has 0 bridgehead atoms. The number of aromatic nitrogens is 2. The zero-order chi connectivity index (χ0) is 20.5. The number of halogens is 1. The molecule has 1 aromatic carbocycles. The molecule has 2 aromatic heterocycles. The number of nitrogens with zero attached hydrogens (tertiary/aromatic N) is 2. The lowest BCUT2D eigenvalue weighted by Gasteiger charge is -2.27. The van der Waals surface area contributed by atoms with Crippen LogP contribution in [0.4, 0.5) is 5.82 Å². The van der Waals surface area contributed by atoms with Gasteiger partial charge in [0.05, 0.1) is 11.0 Å². The van der Waals surface area contributed by atoms with E-state index >= 15 is 0 Å². The molecule has 0 saturated heterocycles. The summed E-state index contributed by atoms with van der Waals surface area (Å²) >= 11 is 7.46. The molecular formula is C20H21ClN4O3S. The van der Waals surface area contributed by atoms with Crippen LogP contribution >= 0.6 is 23.4 Å². The fraction of sp³-hybridized carbons (Fsp3) is 0.350. The van der Waals surface area contributed by atoms with Crippen LogP contribution in [0.25, 0.3) is 10.9 Å². The van der Waals surface area contributed by atoms with Crippen molar-refractivity contribution in [2.24, 2.45) is 0 Å². The summed E-state index contributed by atoms with van der Waals surface area (Å²) in [5, 5.41) is 7.80. The summed E-state index contributed by atoms with van der Waals surface area (Å²) in [7, 11) is 0. The molecule has 152 valence electrons. The number of nitrogens with one attached hydrogen (secondary N) is 2. The lowest BCUT2D eigenvalue weighted by atomic mass is 10.0. The summed E-state index contributed by atoms with van der Waals surface area (Å²) in [6.07, 6.45) is 0.777. The lowest BCUT2D eigenvalue weighted by molar-refractivity contribution is -0.129. The van der Waals surface area contributed by atoms with E-state index in [1.807, 2.05) is 23.1 Å². The molecule has 29 heavy (non-hydrogen) atoms. The maximum atomic E-state index is 12.7. The molecule has 4 rings (SSSR count). The zero-order valence-corrected chi connectivity index (χ0v) is 17.7. The number of carbonyl (C=O) groups is 2. The highest BCUT2D eigenvalue weighted by molar-refractivity contribution is 8.01. The van der Waals surface area contributed by atoms with E-state index in [1.54, 1.807) is 19.9 Å². The van der Waals surface area contributed by atoms with Gasteiger partial charge in [0.1, 0.15) is 5.76 Å². The van der Waals surface area contributed by atoms with Gasteiger partial charge in [0, 0.05) is 52.8 Å². The molecule has 0 radical (unpaired) electrons. The third-order valence-corrected chi connectivity index (χ3v) is 6.36. The topological polar surface area (TPSA) is 91.2 Å². The van der Waals surface area contributed by atoms with Crippen molar-refractivity contribution in [3.8, 4) is 0 Å². The van der Waals surface area contributed by atoms with Gasteiger partial charge in [-0.25, -0.2) is 0 Å². The Balaban J connectivity index is 1.35. The van der Waals surface area contributed by atoms with E-state index in [0.29, 0.717) is 29.7 Å². The Morgan fingerprint density at radius 3 is 3.00 bits per heavy atom. The number of hydrogen-bond acceptors (Lipinski definition) is 5. The summed E-state index contributed by atoms with van der Waals surface area (Å²) < 4.78 is 4.94. The van der Waals surface area contributed by atoms with Crippen molar-refractivity contribution >= 4 is 51.9 Å². The van der Waals surface area contributed by atoms with Crippen LogP contribution in [-0.2, 0) is 22.6 Å². The first kappa shape index (κ1) is 19.8. The van der Waals surface area contributed by atoms with Crippen molar-refractivity contribution in [1.29, 1.82) is 0 Å². The first-order valence-electron chi connectivity index (χ1n) is 9.33. The van der Waals surface area contributed by atoms with Crippen molar-refractivity contribution in [2.45, 2.75) is 32.1 Å². The molecular weight excluding hydrogens is 412 g/mol. The van der Waals surface area contributed by atoms with Crippen LogP contribution in [0.2, 0.25) is 5.02 Å². The molecule has 1 aliphatic heterocycles. The van der Waals surface area contributed by atoms with Crippen LogP contribution in [0, 0.1) is 6.92 Å². The molecule has 2 amide bonds. The van der Waals surface area contributed by atoms with E-state index in [4.69, 9.17) is 16.1 Å². The van der Waals surface area contributed by atoms with Crippen LogP contribution in [0.1, 0.15) is 23.9 Å². The Kier molecular flexibility index (Phi) is 5.56. The van der Waals surface area contributed by atoms with E-state index in [0.717, 1.165) is 28.6 Å². The van der Waals surface area contributed by atoms with Gasteiger partial charge in [-0.1, -0.05) is 16.8 Å². The number of hydrogen-bond donors (Lipinski definition) is 2. The first-order chi connectivity index (χ1) is 13.9. The van der Waals surface area contributed by atoms with Crippen molar-refractivity contribution in [2.75, 3.05) is 17.6 Å². The zero-order valence-electron chi connectivity index (χ0n) is 16.1. The maximum absolute atomic E-state index is 12.7. The molecule has 0 spiro atoms. The Bertz CT molecular complexity index is 1080. The molecule has 3 heterocycles. The number of anilines is 1. The van der Waals surface area contributed by atoms with E-state index in [1.165, 1.54) is 11.8 Å². The van der Waals surface area contributed by atoms with E-state index < -0.39 is 0 Å². The highest BCUT2D eigenvalue weighted by Gasteiger charge is 2.25. The number of H-pyrrole nitrogens is 1. The number of carbonyl (C=O) groups excluding carboxylic acids is 2. The van der Waals surface area contributed by atoms with Crippen molar-refractivity contribution in [1.82, 2.24) is 15.0 Å². The van der Waals surface area contributed by atoms with Crippen molar-refractivity contribution < 1.29 is 14.1 Å². The van der Waals surface area contributed by atoms with Gasteiger partial charge in [0.15, 0.2) is 5.82 Å². The SMILES string of the molecule is Cc1cc(NC(=O)C(C)SCC(=O)N2CCc3[nH]c4ccc(Cl)cc4c3C2)no1. The van der Waals surface area contributed by atoms with Crippen LogP contribution in [-0.4, -0.2) is 44.4 Å². The second-order valence-corrected chi connectivity index (χ2v) is 8.87. The van der Waals surface area contributed by atoms with Gasteiger partial charge in [-0.05, 0) is 32.0 Å². The van der Waals surface area contributed by atoms with Gasteiger partial charge in [0.2, 0.25) is 11.8 Å². The highest BCUT2D eigenvalue weighted by atomic mass is 35.5. The second-order valence-electron chi connectivity index (χ2n) is 7.10. The summed E-state index contributed by atoms with van der Waals surface area (Å²) in [6.45, 7) is 4.74. The second kappa shape index (κ2) is 8.12. The largest absolute Gasteiger partial charge is 0.360 e. The molecule has 2 N–H and O–H groups in total. The Morgan fingerprint density at radius 2 is 2.24 bits per heavy atom. The molecule has 1 atom stereocenters. The minimum absolute atomic E-state index is 0.0222. The van der Waals surface area contributed by atoms with Crippen LogP contribution < -0.4 is 5.32 Å². The minimum atomic E-state index is -0.386. The van der Waals surface area contributed by atoms with Crippen LogP contribution in [0.3, 0.4) is 0 Å². The highest BCUT2D eigenvalue weighted by Crippen LogP contribution is 2.30. The molecule has 9 heteroatoms. The lowest BCUT2D eigenvalue weighted by Crippen LogP contribution is -2.37. The van der Waals surface area contributed by atoms with E-state index in [-0.39, 0.29) is 22.8 Å². The minimum Gasteiger partial charge on any atom is -0.360 e. The standard InChI is InChI=1S/C20H21ClN4O3S/c1-11-7-18(24-28-11)23-20(27)12(2)29-10-19(26)25-6-5-17-15(9-25)14-8-13(21)3-4-16(14)22-17/h3-4,7-8,12,22H,5-6,9-10H2,1-2H3,(H,23,24,27). The van der Waals surface area contributed by atoms with E-state index in [9.17, 15) is 9.59 Å². The summed E-state index contributed by atoms with van der Waals surface area (Å²) in [5.74, 6) is 1.06. The number of fused-ring (bicyclic) bond motifs is 3. The summed E-state index contributed by atoms with van der Waals surface area (Å²) in [4.78, 5) is 30.3. The number of aromatic amines is 1. The fourth-order valence-electron chi connectivity index (χ4n) is 3.42. The number of thioether (sulfide) groups is 1. The van der Waals surface area contributed by atoms with Crippen molar-refractivity contribution in [3.05, 3.63) is 46.3 Å². The van der Waals surface area contributed by atoms with Gasteiger partial charge >= 0.3 is 0 Å². The quantitative estimate of drug-likeness (QED) is 0.640. The van der Waals surface area contributed by atoms with Gasteiger partial charge < -0.3 is 19.7 Å². The van der Waals surface area contributed by atoms with E-state index in [2.05, 4.69) is 15.5 Å². The third kappa shape index (κ3) is 4.28. The number of aryl methyl sites for hydroxylation is 1. The Morgan fingerprint density at radius 1 is 1.41 bits per heavy atom. The number of rotatable bonds is 5. The first-order valence-corrected chi connectivity index (χ1v) is 10.8. The fourth-order valence-corrected chi connectivity index (χ4v) is 4.37. The van der Waals surface area contributed by atoms with Gasteiger partial charge in [-0.15, -0.1) is 11.8 Å². The molecule has 1 aliphatic rings. The molecule has 1 unspecified atom stereocenters. The smallest absolute Gasteiger partial charge is 0.238 e. The summed E-state index contributed by atoms with van der Waals surface area (Å²) in [6, 6.07) is 7.42. The normalized spacial score (nSPS) is 14.7. The number of benzene rings is 1.